The zero-order chi connectivity index (χ0) is 17.7. The average Bonchev–Trinajstić information content (AvgIpc) is 3.13. The smallest absolute Gasteiger partial charge is 0.308 e. The SMILES string of the molecule is CNS(=O)(=O)c1ccccc1S(=O)(=O)N1C2CCC1C(C(=O)O)C2. The van der Waals surface area contributed by atoms with Gasteiger partial charge in [0.1, 0.15) is 9.79 Å². The molecule has 24 heavy (non-hydrogen) atoms. The van der Waals surface area contributed by atoms with Crippen LogP contribution in [-0.4, -0.2) is 51.3 Å². The summed E-state index contributed by atoms with van der Waals surface area (Å²) in [6.07, 6.45) is 1.33. The average molecular weight is 374 g/mol. The molecular weight excluding hydrogens is 356 g/mol. The molecule has 0 amide bonds. The highest BCUT2D eigenvalue weighted by Gasteiger charge is 2.54. The predicted octanol–water partition coefficient (Wildman–Crippen LogP) is 0.221. The minimum Gasteiger partial charge on any atom is -0.481 e. The van der Waals surface area contributed by atoms with Gasteiger partial charge in [-0.15, -0.1) is 0 Å². The minimum absolute atomic E-state index is 0.264. The number of aliphatic carboxylic acids is 1. The lowest BCUT2D eigenvalue weighted by Gasteiger charge is -2.23. The van der Waals surface area contributed by atoms with E-state index < -0.39 is 44.0 Å². The number of nitrogens with zero attached hydrogens (tertiary/aromatic N) is 1. The molecule has 0 saturated carbocycles. The van der Waals surface area contributed by atoms with Crippen molar-refractivity contribution in [1.82, 2.24) is 9.03 Å². The van der Waals surface area contributed by atoms with E-state index in [0.29, 0.717) is 12.8 Å². The van der Waals surface area contributed by atoms with Crippen LogP contribution in [0.15, 0.2) is 34.1 Å². The van der Waals surface area contributed by atoms with E-state index in [1.807, 2.05) is 0 Å². The topological polar surface area (TPSA) is 121 Å². The molecule has 0 aromatic heterocycles. The Hall–Kier alpha value is -1.49. The number of fused-ring (bicyclic) bond motifs is 2. The summed E-state index contributed by atoms with van der Waals surface area (Å²) < 4.78 is 53.8. The summed E-state index contributed by atoms with van der Waals surface area (Å²) in [5.41, 5.74) is 0. The summed E-state index contributed by atoms with van der Waals surface area (Å²) in [7, 11) is -6.87. The zero-order valence-electron chi connectivity index (χ0n) is 12.9. The van der Waals surface area contributed by atoms with Crippen molar-refractivity contribution in [3.05, 3.63) is 24.3 Å². The molecule has 0 spiro atoms. The number of carbonyl (C=O) groups is 1. The molecule has 2 aliphatic heterocycles. The molecule has 3 rings (SSSR count). The van der Waals surface area contributed by atoms with E-state index in [-0.39, 0.29) is 16.2 Å². The Bertz CT molecular complexity index is 880. The van der Waals surface area contributed by atoms with Gasteiger partial charge in [-0.25, -0.2) is 21.6 Å². The van der Waals surface area contributed by atoms with E-state index in [4.69, 9.17) is 0 Å². The van der Waals surface area contributed by atoms with Crippen molar-refractivity contribution < 1.29 is 26.7 Å². The summed E-state index contributed by atoms with van der Waals surface area (Å²) in [5, 5.41) is 9.28. The fourth-order valence-electron chi connectivity index (χ4n) is 3.69. The zero-order valence-corrected chi connectivity index (χ0v) is 14.5. The third kappa shape index (κ3) is 2.53. The largest absolute Gasteiger partial charge is 0.481 e. The summed E-state index contributed by atoms with van der Waals surface area (Å²) >= 11 is 0. The van der Waals surface area contributed by atoms with E-state index in [1.165, 1.54) is 35.6 Å². The van der Waals surface area contributed by atoms with E-state index in [9.17, 15) is 26.7 Å². The van der Waals surface area contributed by atoms with Crippen LogP contribution in [0.2, 0.25) is 0 Å². The molecule has 2 heterocycles. The Kier molecular flexibility index (Phi) is 4.19. The van der Waals surface area contributed by atoms with Crippen LogP contribution in [-0.2, 0) is 24.8 Å². The molecule has 1 aromatic rings. The van der Waals surface area contributed by atoms with Gasteiger partial charge in [-0.1, -0.05) is 12.1 Å². The Balaban J connectivity index is 2.10. The lowest BCUT2D eigenvalue weighted by molar-refractivity contribution is -0.142. The molecule has 132 valence electrons. The number of carboxylic acid groups (broad SMARTS) is 1. The first-order valence-electron chi connectivity index (χ1n) is 7.49. The predicted molar refractivity (Wildman–Crippen MR) is 84.3 cm³/mol. The maximum absolute atomic E-state index is 13.1. The molecule has 2 N–H and O–H groups in total. The van der Waals surface area contributed by atoms with Crippen molar-refractivity contribution in [3.8, 4) is 0 Å². The van der Waals surface area contributed by atoms with Gasteiger partial charge in [-0.3, -0.25) is 4.79 Å². The highest BCUT2D eigenvalue weighted by molar-refractivity contribution is 7.92. The van der Waals surface area contributed by atoms with Crippen LogP contribution in [0.5, 0.6) is 0 Å². The van der Waals surface area contributed by atoms with Crippen LogP contribution in [0.3, 0.4) is 0 Å². The second-order valence-corrected chi connectivity index (χ2v) is 9.63. The quantitative estimate of drug-likeness (QED) is 0.761. The molecule has 0 aliphatic carbocycles. The van der Waals surface area contributed by atoms with Crippen LogP contribution in [0, 0.1) is 5.92 Å². The van der Waals surface area contributed by atoms with E-state index in [1.54, 1.807) is 0 Å². The number of hydrogen-bond acceptors (Lipinski definition) is 5. The molecule has 10 heteroatoms. The highest BCUT2D eigenvalue weighted by Crippen LogP contribution is 2.45. The third-order valence-corrected chi connectivity index (χ3v) is 8.39. The summed E-state index contributed by atoms with van der Waals surface area (Å²) in [6, 6.07) is 4.35. The molecule has 2 bridgehead atoms. The molecule has 3 atom stereocenters. The van der Waals surface area contributed by atoms with Gasteiger partial charge >= 0.3 is 5.97 Å². The molecule has 2 saturated heterocycles. The second kappa shape index (κ2) is 5.80. The normalized spacial score (nSPS) is 27.5. The number of hydrogen-bond donors (Lipinski definition) is 2. The van der Waals surface area contributed by atoms with Gasteiger partial charge in [0.2, 0.25) is 20.0 Å². The van der Waals surface area contributed by atoms with Crippen molar-refractivity contribution in [2.45, 2.75) is 41.1 Å². The monoisotopic (exact) mass is 374 g/mol. The van der Waals surface area contributed by atoms with Crippen LogP contribution < -0.4 is 4.72 Å². The number of rotatable bonds is 5. The number of carboxylic acids is 1. The van der Waals surface area contributed by atoms with Crippen molar-refractivity contribution in [2.75, 3.05) is 7.05 Å². The molecule has 3 unspecified atom stereocenters. The maximum atomic E-state index is 13.1. The van der Waals surface area contributed by atoms with Gasteiger partial charge in [-0.2, -0.15) is 4.31 Å². The standard InChI is InChI=1S/C14H18N2O6S2/c1-15-23(19,20)12-4-2-3-5-13(12)24(21,22)16-9-6-7-11(16)10(8-9)14(17)18/h2-5,9-11,15H,6-8H2,1H3,(H,17,18). The number of nitrogens with one attached hydrogen (secondary N) is 1. The summed E-state index contributed by atoms with van der Waals surface area (Å²) in [6.45, 7) is 0. The Labute approximate surface area is 140 Å². The van der Waals surface area contributed by atoms with Crippen LogP contribution in [0.25, 0.3) is 0 Å². The fraction of sp³-hybridized carbons (Fsp3) is 0.500. The van der Waals surface area contributed by atoms with Gasteiger partial charge in [0, 0.05) is 12.1 Å². The minimum atomic E-state index is -4.11. The molecule has 0 radical (unpaired) electrons. The van der Waals surface area contributed by atoms with Gasteiger partial charge in [0.05, 0.1) is 5.92 Å². The maximum Gasteiger partial charge on any atom is 0.308 e. The molecule has 8 nitrogen and oxygen atoms in total. The lowest BCUT2D eigenvalue weighted by Crippen LogP contribution is -2.38. The molecule has 2 aliphatic rings. The first-order valence-corrected chi connectivity index (χ1v) is 10.4. The van der Waals surface area contributed by atoms with Crippen LogP contribution >= 0.6 is 0 Å². The van der Waals surface area contributed by atoms with Gasteiger partial charge in [0.25, 0.3) is 0 Å². The summed E-state index contributed by atoms with van der Waals surface area (Å²) in [4.78, 5) is 10.7. The van der Waals surface area contributed by atoms with E-state index >= 15 is 0 Å². The Morgan fingerprint density at radius 3 is 2.33 bits per heavy atom. The van der Waals surface area contributed by atoms with Gasteiger partial charge < -0.3 is 5.11 Å². The fourth-order valence-corrected chi connectivity index (χ4v) is 7.14. The van der Waals surface area contributed by atoms with Crippen molar-refractivity contribution in [2.24, 2.45) is 5.92 Å². The molecule has 1 aromatic carbocycles. The highest BCUT2D eigenvalue weighted by atomic mass is 32.2. The van der Waals surface area contributed by atoms with Crippen LogP contribution in [0.4, 0.5) is 0 Å². The lowest BCUT2D eigenvalue weighted by atomic mass is 9.89. The molecule has 2 fully saturated rings. The van der Waals surface area contributed by atoms with Crippen molar-refractivity contribution in [3.63, 3.8) is 0 Å². The summed E-state index contributed by atoms with van der Waals surface area (Å²) in [5.74, 6) is -1.76. The van der Waals surface area contributed by atoms with Crippen LogP contribution in [0.1, 0.15) is 19.3 Å². The number of benzene rings is 1. The van der Waals surface area contributed by atoms with E-state index in [2.05, 4.69) is 4.72 Å². The van der Waals surface area contributed by atoms with Crippen molar-refractivity contribution in [1.29, 1.82) is 0 Å². The second-order valence-electron chi connectivity index (χ2n) is 5.97. The Morgan fingerprint density at radius 1 is 1.17 bits per heavy atom. The van der Waals surface area contributed by atoms with Gasteiger partial charge in [-0.05, 0) is 38.4 Å². The first-order chi connectivity index (χ1) is 11.2. The first kappa shape index (κ1) is 17.3. The third-order valence-electron chi connectivity index (χ3n) is 4.75. The Morgan fingerprint density at radius 2 is 1.79 bits per heavy atom. The van der Waals surface area contributed by atoms with Crippen molar-refractivity contribution >= 4 is 26.0 Å². The van der Waals surface area contributed by atoms with E-state index in [0.717, 1.165) is 0 Å². The molecular formula is C14H18N2O6S2. The van der Waals surface area contributed by atoms with Gasteiger partial charge in [0.15, 0.2) is 0 Å². The number of sulfonamides is 2.